The molecule has 186 valence electrons. The van der Waals surface area contributed by atoms with Crippen LogP contribution in [-0.4, -0.2) is 34.1 Å². The number of hydrogen-bond donors (Lipinski definition) is 1. The average Bonchev–Trinajstić information content (AvgIpc) is 2.77. The van der Waals surface area contributed by atoms with Crippen LogP contribution in [0.15, 0.2) is 41.3 Å². The Kier molecular flexibility index (Phi) is 4.79. The molecule has 1 aliphatic heterocycles. The minimum Gasteiger partial charge on any atom is -0.356 e. The standard InChI is InChI=1S/C28H28F2N4O2/c29-19-2-4-23(22(30)11-19)34-15-21(25(35)20-3-5-24(31-26(20)34)33-6-1-7-33)27(36)32-28-12-16-8-17(13-28)10-18(9-16)14-28/h2-5,11,15-18H,1,6-10,12-14H2,(H,32,36). The molecule has 4 bridgehead atoms. The van der Waals surface area contributed by atoms with Gasteiger partial charge in [-0.25, -0.2) is 13.8 Å². The van der Waals surface area contributed by atoms with Gasteiger partial charge < -0.3 is 10.2 Å². The van der Waals surface area contributed by atoms with Gasteiger partial charge >= 0.3 is 0 Å². The van der Waals surface area contributed by atoms with Crippen molar-refractivity contribution < 1.29 is 13.6 Å². The predicted octanol–water partition coefficient (Wildman–Crippen LogP) is 4.57. The van der Waals surface area contributed by atoms with Gasteiger partial charge in [-0.3, -0.25) is 14.2 Å². The van der Waals surface area contributed by atoms with Crippen molar-refractivity contribution in [2.75, 3.05) is 18.0 Å². The summed E-state index contributed by atoms with van der Waals surface area (Å²) in [6.07, 6.45) is 9.04. The van der Waals surface area contributed by atoms with E-state index < -0.39 is 23.0 Å². The number of hydrogen-bond acceptors (Lipinski definition) is 4. The molecule has 1 amide bonds. The molecule has 8 heteroatoms. The number of aromatic nitrogens is 2. The molecule has 1 aromatic carbocycles. The summed E-state index contributed by atoms with van der Waals surface area (Å²) in [6.45, 7) is 1.72. The Hall–Kier alpha value is -3.29. The van der Waals surface area contributed by atoms with E-state index in [4.69, 9.17) is 0 Å². The normalized spacial score (nSPS) is 28.4. The summed E-state index contributed by atoms with van der Waals surface area (Å²) in [5, 5.41) is 3.50. The Bertz CT molecular complexity index is 1430. The molecule has 0 atom stereocenters. The molecule has 1 N–H and O–H groups in total. The number of anilines is 1. The lowest BCUT2D eigenvalue weighted by Crippen LogP contribution is -2.60. The fraction of sp³-hybridized carbons (Fsp3) is 0.464. The van der Waals surface area contributed by atoms with Gasteiger partial charge in [-0.2, -0.15) is 0 Å². The Morgan fingerprint density at radius 3 is 2.31 bits per heavy atom. The first-order valence-corrected chi connectivity index (χ1v) is 13.0. The lowest BCUT2D eigenvalue weighted by Gasteiger charge is -2.56. The predicted molar refractivity (Wildman–Crippen MR) is 132 cm³/mol. The van der Waals surface area contributed by atoms with Crippen LogP contribution in [0.2, 0.25) is 0 Å². The Morgan fingerprint density at radius 2 is 1.69 bits per heavy atom. The number of carbonyl (C=O) groups excluding carboxylic acids is 1. The van der Waals surface area contributed by atoms with Crippen molar-refractivity contribution in [2.24, 2.45) is 17.8 Å². The molecule has 5 aliphatic rings. The molecule has 2 aromatic heterocycles. The number of rotatable bonds is 4. The molecule has 0 radical (unpaired) electrons. The SMILES string of the molecule is O=C(NC12CC3CC(CC(C3)C1)C2)c1cn(-c2ccc(F)cc2F)c2nc(N3CCC3)ccc2c1=O. The van der Waals surface area contributed by atoms with E-state index >= 15 is 0 Å². The zero-order chi connectivity index (χ0) is 24.6. The number of amides is 1. The first-order chi connectivity index (χ1) is 17.4. The first kappa shape index (κ1) is 21.9. The van der Waals surface area contributed by atoms with Crippen LogP contribution in [0, 0.1) is 29.4 Å². The molecule has 4 aliphatic carbocycles. The van der Waals surface area contributed by atoms with Gasteiger partial charge in [0.2, 0.25) is 5.43 Å². The van der Waals surface area contributed by atoms with Gasteiger partial charge in [-0.1, -0.05) is 0 Å². The summed E-state index contributed by atoms with van der Waals surface area (Å²) >= 11 is 0. The number of pyridine rings is 2. The number of carbonyl (C=O) groups is 1. The summed E-state index contributed by atoms with van der Waals surface area (Å²) < 4.78 is 30.1. The van der Waals surface area contributed by atoms with E-state index in [2.05, 4.69) is 15.2 Å². The third-order valence-electron chi connectivity index (χ3n) is 8.85. The molecule has 3 heterocycles. The number of halogens is 2. The van der Waals surface area contributed by atoms with Crippen LogP contribution in [0.5, 0.6) is 0 Å². The third kappa shape index (κ3) is 3.44. The molecule has 5 fully saturated rings. The molecule has 36 heavy (non-hydrogen) atoms. The zero-order valence-corrected chi connectivity index (χ0v) is 20.0. The van der Waals surface area contributed by atoms with E-state index in [1.165, 1.54) is 36.1 Å². The summed E-state index contributed by atoms with van der Waals surface area (Å²) in [5.74, 6) is 0.702. The monoisotopic (exact) mass is 490 g/mol. The summed E-state index contributed by atoms with van der Waals surface area (Å²) in [7, 11) is 0. The van der Waals surface area contributed by atoms with Gasteiger partial charge in [0, 0.05) is 30.9 Å². The van der Waals surface area contributed by atoms with Crippen molar-refractivity contribution in [3.8, 4) is 5.69 Å². The maximum atomic E-state index is 14.9. The topological polar surface area (TPSA) is 67.2 Å². The molecule has 0 spiro atoms. The summed E-state index contributed by atoms with van der Waals surface area (Å²) in [6, 6.07) is 6.71. The van der Waals surface area contributed by atoms with E-state index in [0.717, 1.165) is 50.9 Å². The molecule has 0 unspecified atom stereocenters. The van der Waals surface area contributed by atoms with Crippen molar-refractivity contribution in [1.82, 2.24) is 14.9 Å². The van der Waals surface area contributed by atoms with Gasteiger partial charge in [0.15, 0.2) is 5.65 Å². The lowest BCUT2D eigenvalue weighted by atomic mass is 9.53. The smallest absolute Gasteiger partial charge is 0.257 e. The lowest BCUT2D eigenvalue weighted by molar-refractivity contribution is -0.0167. The van der Waals surface area contributed by atoms with Crippen molar-refractivity contribution in [3.05, 3.63) is 63.9 Å². The Balaban J connectivity index is 1.34. The second-order valence-electron chi connectivity index (χ2n) is 11.4. The van der Waals surface area contributed by atoms with E-state index in [-0.39, 0.29) is 27.8 Å². The fourth-order valence-electron chi connectivity index (χ4n) is 7.51. The van der Waals surface area contributed by atoms with Crippen molar-refractivity contribution >= 4 is 22.8 Å². The van der Waals surface area contributed by atoms with E-state index in [1.807, 2.05) is 0 Å². The molecular formula is C28H28F2N4O2. The number of benzene rings is 1. The van der Waals surface area contributed by atoms with Gasteiger partial charge in [-0.05, 0) is 87.0 Å². The van der Waals surface area contributed by atoms with Crippen LogP contribution in [-0.2, 0) is 0 Å². The Morgan fingerprint density at radius 1 is 1.00 bits per heavy atom. The highest BCUT2D eigenvalue weighted by atomic mass is 19.1. The molecule has 8 rings (SSSR count). The average molecular weight is 491 g/mol. The molecule has 4 saturated carbocycles. The largest absolute Gasteiger partial charge is 0.356 e. The van der Waals surface area contributed by atoms with Gasteiger partial charge in [0.1, 0.15) is 23.0 Å². The highest BCUT2D eigenvalue weighted by molar-refractivity contribution is 5.97. The fourth-order valence-corrected chi connectivity index (χ4v) is 7.51. The van der Waals surface area contributed by atoms with Gasteiger partial charge in [-0.15, -0.1) is 0 Å². The van der Waals surface area contributed by atoms with Crippen LogP contribution in [0.25, 0.3) is 16.7 Å². The quantitative estimate of drug-likeness (QED) is 0.582. The highest BCUT2D eigenvalue weighted by Gasteiger charge is 2.51. The van der Waals surface area contributed by atoms with Crippen LogP contribution < -0.4 is 15.6 Å². The molecule has 3 aromatic rings. The second-order valence-corrected chi connectivity index (χ2v) is 11.4. The maximum Gasteiger partial charge on any atom is 0.257 e. The van der Waals surface area contributed by atoms with E-state index in [0.29, 0.717) is 23.6 Å². The van der Waals surface area contributed by atoms with Crippen molar-refractivity contribution in [2.45, 2.75) is 50.5 Å². The first-order valence-electron chi connectivity index (χ1n) is 13.0. The van der Waals surface area contributed by atoms with Crippen LogP contribution in [0.1, 0.15) is 55.3 Å². The third-order valence-corrected chi connectivity index (χ3v) is 8.85. The van der Waals surface area contributed by atoms with Gasteiger partial charge in [0.25, 0.3) is 5.91 Å². The molecular weight excluding hydrogens is 462 g/mol. The van der Waals surface area contributed by atoms with Crippen LogP contribution in [0.4, 0.5) is 14.6 Å². The van der Waals surface area contributed by atoms with Crippen molar-refractivity contribution in [1.29, 1.82) is 0 Å². The van der Waals surface area contributed by atoms with Crippen LogP contribution in [0.3, 0.4) is 0 Å². The van der Waals surface area contributed by atoms with E-state index in [9.17, 15) is 18.4 Å². The zero-order valence-electron chi connectivity index (χ0n) is 20.0. The minimum absolute atomic E-state index is 0.0403. The maximum absolute atomic E-state index is 14.9. The van der Waals surface area contributed by atoms with Gasteiger partial charge in [0.05, 0.1) is 11.1 Å². The minimum atomic E-state index is -0.788. The highest BCUT2D eigenvalue weighted by Crippen LogP contribution is 2.55. The Labute approximate surface area is 207 Å². The summed E-state index contributed by atoms with van der Waals surface area (Å²) in [5.41, 5.74) is -0.437. The molecule has 1 saturated heterocycles. The van der Waals surface area contributed by atoms with Crippen LogP contribution >= 0.6 is 0 Å². The molecule has 6 nitrogen and oxygen atoms in total. The summed E-state index contributed by atoms with van der Waals surface area (Å²) in [4.78, 5) is 33.9. The van der Waals surface area contributed by atoms with E-state index in [1.54, 1.807) is 12.1 Å². The number of nitrogens with zero attached hydrogens (tertiary/aromatic N) is 3. The second kappa shape index (κ2) is 7.85. The number of fused-ring (bicyclic) bond motifs is 1. The number of nitrogens with one attached hydrogen (secondary N) is 1. The van der Waals surface area contributed by atoms with Crippen molar-refractivity contribution in [3.63, 3.8) is 0 Å².